The lowest BCUT2D eigenvalue weighted by Crippen LogP contribution is -1.92. The highest BCUT2D eigenvalue weighted by Crippen LogP contribution is 2.16. The molecule has 0 spiro atoms. The van der Waals surface area contributed by atoms with E-state index in [-0.39, 0.29) is 0 Å². The quantitative estimate of drug-likeness (QED) is 0.824. The standard InChI is InChI=1S/C10H12BrN/c1-8-4-5-10(11)7-9(8)3-2-6-12/h2-5,7H,6,12H2,1H3/b3-2+. The van der Waals surface area contributed by atoms with E-state index in [1.54, 1.807) is 0 Å². The van der Waals surface area contributed by atoms with Crippen LogP contribution in [0.3, 0.4) is 0 Å². The first-order chi connectivity index (χ1) is 5.74. The van der Waals surface area contributed by atoms with E-state index in [9.17, 15) is 0 Å². The Labute approximate surface area is 81.4 Å². The lowest BCUT2D eigenvalue weighted by Gasteiger charge is -1.99. The van der Waals surface area contributed by atoms with Crippen molar-refractivity contribution in [3.63, 3.8) is 0 Å². The summed E-state index contributed by atoms with van der Waals surface area (Å²) in [5.41, 5.74) is 7.85. The average Bonchev–Trinajstić information content (AvgIpc) is 2.07. The zero-order chi connectivity index (χ0) is 8.97. The third-order valence-electron chi connectivity index (χ3n) is 1.67. The van der Waals surface area contributed by atoms with Gasteiger partial charge in [-0.25, -0.2) is 0 Å². The summed E-state index contributed by atoms with van der Waals surface area (Å²) in [7, 11) is 0. The van der Waals surface area contributed by atoms with Gasteiger partial charge in [0.1, 0.15) is 0 Å². The minimum Gasteiger partial charge on any atom is -0.327 e. The van der Waals surface area contributed by atoms with Crippen molar-refractivity contribution in [3.05, 3.63) is 39.9 Å². The molecule has 0 amide bonds. The average molecular weight is 226 g/mol. The predicted octanol–water partition coefficient (Wildman–Crippen LogP) is 2.73. The fourth-order valence-electron chi connectivity index (χ4n) is 0.986. The Kier molecular flexibility index (Phi) is 3.50. The second-order valence-corrected chi connectivity index (χ2v) is 3.55. The fourth-order valence-corrected chi connectivity index (χ4v) is 1.36. The van der Waals surface area contributed by atoms with Gasteiger partial charge in [0.15, 0.2) is 0 Å². The summed E-state index contributed by atoms with van der Waals surface area (Å²) in [6.45, 7) is 2.68. The summed E-state index contributed by atoms with van der Waals surface area (Å²) in [6, 6.07) is 6.21. The molecule has 1 rings (SSSR count). The van der Waals surface area contributed by atoms with Crippen molar-refractivity contribution in [1.82, 2.24) is 0 Å². The van der Waals surface area contributed by atoms with Crippen molar-refractivity contribution in [2.75, 3.05) is 6.54 Å². The molecule has 0 saturated heterocycles. The van der Waals surface area contributed by atoms with Crippen molar-refractivity contribution in [2.45, 2.75) is 6.92 Å². The Balaban J connectivity index is 2.97. The molecular formula is C10H12BrN. The minimum absolute atomic E-state index is 0.589. The molecule has 0 saturated carbocycles. The van der Waals surface area contributed by atoms with Gasteiger partial charge in [0, 0.05) is 11.0 Å². The normalized spacial score (nSPS) is 10.9. The summed E-state index contributed by atoms with van der Waals surface area (Å²) in [6.07, 6.45) is 3.99. The maximum atomic E-state index is 5.37. The molecule has 12 heavy (non-hydrogen) atoms. The molecule has 0 unspecified atom stereocenters. The van der Waals surface area contributed by atoms with Crippen LogP contribution in [0.25, 0.3) is 6.08 Å². The van der Waals surface area contributed by atoms with Crippen LogP contribution in [0.4, 0.5) is 0 Å². The minimum atomic E-state index is 0.589. The molecule has 1 aromatic rings. The lowest BCUT2D eigenvalue weighted by atomic mass is 10.1. The van der Waals surface area contributed by atoms with Crippen LogP contribution in [0, 0.1) is 6.92 Å². The van der Waals surface area contributed by atoms with Crippen LogP contribution < -0.4 is 5.73 Å². The van der Waals surface area contributed by atoms with Crippen LogP contribution in [-0.4, -0.2) is 6.54 Å². The van der Waals surface area contributed by atoms with Gasteiger partial charge >= 0.3 is 0 Å². The van der Waals surface area contributed by atoms with Crippen LogP contribution in [-0.2, 0) is 0 Å². The molecule has 0 aliphatic heterocycles. The topological polar surface area (TPSA) is 26.0 Å². The van der Waals surface area contributed by atoms with Gasteiger partial charge in [0.2, 0.25) is 0 Å². The number of nitrogens with two attached hydrogens (primary N) is 1. The number of benzene rings is 1. The first-order valence-corrected chi connectivity index (χ1v) is 4.66. The summed E-state index contributed by atoms with van der Waals surface area (Å²) in [4.78, 5) is 0. The van der Waals surface area contributed by atoms with E-state index in [0.29, 0.717) is 6.54 Å². The van der Waals surface area contributed by atoms with E-state index >= 15 is 0 Å². The number of aryl methyl sites for hydroxylation is 1. The Morgan fingerprint density at radius 2 is 2.25 bits per heavy atom. The first-order valence-electron chi connectivity index (χ1n) is 3.87. The highest BCUT2D eigenvalue weighted by Gasteiger charge is 1.93. The van der Waals surface area contributed by atoms with Crippen LogP contribution in [0.15, 0.2) is 28.7 Å². The maximum Gasteiger partial charge on any atom is 0.0181 e. The zero-order valence-corrected chi connectivity index (χ0v) is 8.64. The molecule has 1 aromatic carbocycles. The molecule has 0 aliphatic carbocycles. The number of rotatable bonds is 2. The van der Waals surface area contributed by atoms with E-state index in [1.807, 2.05) is 18.2 Å². The maximum absolute atomic E-state index is 5.37. The highest BCUT2D eigenvalue weighted by molar-refractivity contribution is 9.10. The third-order valence-corrected chi connectivity index (χ3v) is 2.17. The molecular weight excluding hydrogens is 214 g/mol. The van der Waals surface area contributed by atoms with Crippen molar-refractivity contribution < 1.29 is 0 Å². The number of hydrogen-bond donors (Lipinski definition) is 1. The summed E-state index contributed by atoms with van der Waals surface area (Å²) in [5, 5.41) is 0. The molecule has 0 atom stereocenters. The summed E-state index contributed by atoms with van der Waals surface area (Å²) in [5.74, 6) is 0. The van der Waals surface area contributed by atoms with Crippen LogP contribution >= 0.6 is 15.9 Å². The zero-order valence-electron chi connectivity index (χ0n) is 7.05. The van der Waals surface area contributed by atoms with E-state index in [2.05, 4.69) is 35.0 Å². The largest absolute Gasteiger partial charge is 0.327 e. The van der Waals surface area contributed by atoms with Gasteiger partial charge in [-0.1, -0.05) is 34.1 Å². The summed E-state index contributed by atoms with van der Waals surface area (Å²) >= 11 is 3.42. The van der Waals surface area contributed by atoms with Gasteiger partial charge in [0.05, 0.1) is 0 Å². The second-order valence-electron chi connectivity index (χ2n) is 2.64. The van der Waals surface area contributed by atoms with E-state index in [1.165, 1.54) is 11.1 Å². The Bertz CT molecular complexity index is 292. The van der Waals surface area contributed by atoms with Crippen LogP contribution in [0.2, 0.25) is 0 Å². The predicted molar refractivity (Wildman–Crippen MR) is 57.0 cm³/mol. The Morgan fingerprint density at radius 1 is 1.50 bits per heavy atom. The molecule has 0 aromatic heterocycles. The van der Waals surface area contributed by atoms with Gasteiger partial charge in [-0.05, 0) is 30.2 Å². The molecule has 0 radical (unpaired) electrons. The molecule has 2 N–H and O–H groups in total. The van der Waals surface area contributed by atoms with Crippen molar-refractivity contribution in [2.24, 2.45) is 5.73 Å². The smallest absolute Gasteiger partial charge is 0.0181 e. The highest BCUT2D eigenvalue weighted by atomic mass is 79.9. The van der Waals surface area contributed by atoms with Crippen molar-refractivity contribution >= 4 is 22.0 Å². The Morgan fingerprint density at radius 3 is 2.92 bits per heavy atom. The van der Waals surface area contributed by atoms with Crippen molar-refractivity contribution in [3.8, 4) is 0 Å². The third kappa shape index (κ3) is 2.47. The van der Waals surface area contributed by atoms with Gasteiger partial charge in [-0.3, -0.25) is 0 Å². The number of halogens is 1. The SMILES string of the molecule is Cc1ccc(Br)cc1/C=C/CN. The molecule has 1 nitrogen and oxygen atoms in total. The van der Waals surface area contributed by atoms with E-state index in [4.69, 9.17) is 5.73 Å². The molecule has 0 heterocycles. The van der Waals surface area contributed by atoms with Crippen LogP contribution in [0.1, 0.15) is 11.1 Å². The number of hydrogen-bond acceptors (Lipinski definition) is 1. The van der Waals surface area contributed by atoms with E-state index in [0.717, 1.165) is 4.47 Å². The van der Waals surface area contributed by atoms with Gasteiger partial charge in [-0.2, -0.15) is 0 Å². The van der Waals surface area contributed by atoms with Crippen molar-refractivity contribution in [1.29, 1.82) is 0 Å². The molecule has 2 heteroatoms. The molecule has 0 aliphatic rings. The lowest BCUT2D eigenvalue weighted by molar-refractivity contribution is 1.26. The van der Waals surface area contributed by atoms with Crippen LogP contribution in [0.5, 0.6) is 0 Å². The summed E-state index contributed by atoms with van der Waals surface area (Å²) < 4.78 is 1.10. The monoisotopic (exact) mass is 225 g/mol. The van der Waals surface area contributed by atoms with Gasteiger partial charge < -0.3 is 5.73 Å². The van der Waals surface area contributed by atoms with Gasteiger partial charge in [-0.15, -0.1) is 0 Å². The molecule has 64 valence electrons. The van der Waals surface area contributed by atoms with E-state index < -0.39 is 0 Å². The second kappa shape index (κ2) is 4.43. The molecule has 0 bridgehead atoms. The fraction of sp³-hybridized carbons (Fsp3) is 0.200. The molecule has 0 fully saturated rings. The first kappa shape index (κ1) is 9.49. The Hall–Kier alpha value is -0.600. The van der Waals surface area contributed by atoms with Gasteiger partial charge in [0.25, 0.3) is 0 Å².